The van der Waals surface area contributed by atoms with Crippen molar-refractivity contribution in [3.8, 4) is 11.3 Å². The Labute approximate surface area is 193 Å². The molecule has 1 atom stereocenters. The SMILES string of the molecule is CCCC(NC(=O)Cc1cccc(C(F)(F)F)c1)C(=O)Nc1cc(-c2ccc(Cl)cc2)[nH]n1. The zero-order valence-electron chi connectivity index (χ0n) is 17.7. The third-order valence-electron chi connectivity index (χ3n) is 4.83. The minimum Gasteiger partial charge on any atom is -0.344 e. The van der Waals surface area contributed by atoms with Crippen molar-refractivity contribution >= 4 is 29.2 Å². The Morgan fingerprint density at radius 1 is 1.12 bits per heavy atom. The van der Waals surface area contributed by atoms with Gasteiger partial charge in [0.1, 0.15) is 6.04 Å². The summed E-state index contributed by atoms with van der Waals surface area (Å²) in [6.45, 7) is 1.85. The highest BCUT2D eigenvalue weighted by Gasteiger charge is 2.30. The van der Waals surface area contributed by atoms with Gasteiger partial charge < -0.3 is 10.6 Å². The molecule has 3 aromatic rings. The van der Waals surface area contributed by atoms with Crippen LogP contribution in [0.25, 0.3) is 11.3 Å². The second-order valence-corrected chi connectivity index (χ2v) is 7.88. The van der Waals surface area contributed by atoms with E-state index in [1.165, 1.54) is 12.1 Å². The van der Waals surface area contributed by atoms with Gasteiger partial charge in [0.2, 0.25) is 11.8 Å². The van der Waals surface area contributed by atoms with E-state index < -0.39 is 29.6 Å². The maximum Gasteiger partial charge on any atom is 0.416 e. The molecule has 0 saturated heterocycles. The number of anilines is 1. The Morgan fingerprint density at radius 3 is 2.52 bits per heavy atom. The lowest BCUT2D eigenvalue weighted by Crippen LogP contribution is -2.44. The molecule has 0 spiro atoms. The standard InChI is InChI=1S/C23H22ClF3N4O2/c1-2-4-18(28-21(32)12-14-5-3-6-16(11-14)23(25,26)27)22(33)29-20-13-19(30-31-20)15-7-9-17(24)10-8-15/h3,5-11,13,18H,2,4,12H2,1H3,(H,28,32)(H2,29,30,31,33). The van der Waals surface area contributed by atoms with Gasteiger partial charge in [0.05, 0.1) is 17.7 Å². The number of halogens is 4. The predicted octanol–water partition coefficient (Wildman–Crippen LogP) is 5.22. The highest BCUT2D eigenvalue weighted by molar-refractivity contribution is 6.30. The summed E-state index contributed by atoms with van der Waals surface area (Å²) in [5.41, 5.74) is 0.873. The molecule has 1 unspecified atom stereocenters. The first kappa shape index (κ1) is 24.3. The molecular formula is C23H22ClF3N4O2. The van der Waals surface area contributed by atoms with Crippen molar-refractivity contribution in [2.75, 3.05) is 5.32 Å². The lowest BCUT2D eigenvalue weighted by atomic mass is 10.1. The van der Waals surface area contributed by atoms with Crippen LogP contribution in [0.3, 0.4) is 0 Å². The number of nitrogens with one attached hydrogen (secondary N) is 3. The molecule has 33 heavy (non-hydrogen) atoms. The number of nitrogens with zero attached hydrogens (tertiary/aromatic N) is 1. The molecular weight excluding hydrogens is 457 g/mol. The van der Waals surface area contributed by atoms with Crippen LogP contribution in [0, 0.1) is 0 Å². The van der Waals surface area contributed by atoms with Crippen molar-refractivity contribution in [3.63, 3.8) is 0 Å². The van der Waals surface area contributed by atoms with E-state index in [0.29, 0.717) is 23.6 Å². The molecule has 10 heteroatoms. The molecule has 6 nitrogen and oxygen atoms in total. The third kappa shape index (κ3) is 6.82. The van der Waals surface area contributed by atoms with Gasteiger partial charge in [-0.1, -0.05) is 55.3 Å². The van der Waals surface area contributed by atoms with Gasteiger partial charge in [0.25, 0.3) is 0 Å². The van der Waals surface area contributed by atoms with Crippen molar-refractivity contribution in [2.45, 2.75) is 38.4 Å². The van der Waals surface area contributed by atoms with Crippen LogP contribution in [0.4, 0.5) is 19.0 Å². The van der Waals surface area contributed by atoms with Gasteiger partial charge in [-0.25, -0.2) is 0 Å². The van der Waals surface area contributed by atoms with Gasteiger partial charge in [-0.05, 0) is 35.7 Å². The van der Waals surface area contributed by atoms with Gasteiger partial charge in [-0.2, -0.15) is 18.3 Å². The van der Waals surface area contributed by atoms with Crippen LogP contribution < -0.4 is 10.6 Å². The summed E-state index contributed by atoms with van der Waals surface area (Å²) in [6.07, 6.45) is -3.81. The Balaban J connectivity index is 1.63. The van der Waals surface area contributed by atoms with Gasteiger partial charge in [0.15, 0.2) is 5.82 Å². The van der Waals surface area contributed by atoms with Crippen LogP contribution in [0.2, 0.25) is 5.02 Å². The molecule has 0 aliphatic carbocycles. The molecule has 1 heterocycles. The largest absolute Gasteiger partial charge is 0.416 e. The van der Waals surface area contributed by atoms with E-state index >= 15 is 0 Å². The fourth-order valence-electron chi connectivity index (χ4n) is 3.22. The van der Waals surface area contributed by atoms with Gasteiger partial charge >= 0.3 is 6.18 Å². The summed E-state index contributed by atoms with van der Waals surface area (Å²) >= 11 is 5.89. The maximum absolute atomic E-state index is 12.9. The molecule has 0 aliphatic heterocycles. The van der Waals surface area contributed by atoms with Crippen LogP contribution in [0.5, 0.6) is 0 Å². The number of carbonyl (C=O) groups excluding carboxylic acids is 2. The molecule has 0 radical (unpaired) electrons. The second kappa shape index (κ2) is 10.5. The quantitative estimate of drug-likeness (QED) is 0.415. The summed E-state index contributed by atoms with van der Waals surface area (Å²) in [6, 6.07) is 12.4. The fraction of sp³-hybridized carbons (Fsp3) is 0.261. The van der Waals surface area contributed by atoms with E-state index in [4.69, 9.17) is 11.6 Å². The summed E-state index contributed by atoms with van der Waals surface area (Å²) in [5.74, 6) is -0.742. The van der Waals surface area contributed by atoms with Gasteiger partial charge in [0, 0.05) is 11.1 Å². The van der Waals surface area contributed by atoms with E-state index in [1.807, 2.05) is 6.92 Å². The highest BCUT2D eigenvalue weighted by Crippen LogP contribution is 2.29. The smallest absolute Gasteiger partial charge is 0.344 e. The Kier molecular flexibility index (Phi) is 7.75. The number of aromatic nitrogens is 2. The number of H-pyrrole nitrogens is 1. The summed E-state index contributed by atoms with van der Waals surface area (Å²) in [7, 11) is 0. The lowest BCUT2D eigenvalue weighted by Gasteiger charge is -2.17. The topological polar surface area (TPSA) is 86.9 Å². The molecule has 0 bridgehead atoms. The first-order valence-corrected chi connectivity index (χ1v) is 10.6. The number of amides is 2. The monoisotopic (exact) mass is 478 g/mol. The maximum atomic E-state index is 12.9. The Morgan fingerprint density at radius 2 is 1.85 bits per heavy atom. The van der Waals surface area contributed by atoms with Crippen LogP contribution in [0.1, 0.15) is 30.9 Å². The van der Waals surface area contributed by atoms with E-state index in [2.05, 4.69) is 20.8 Å². The molecule has 2 aromatic carbocycles. The van der Waals surface area contributed by atoms with Crippen molar-refractivity contribution in [1.82, 2.24) is 15.5 Å². The number of hydrogen-bond donors (Lipinski definition) is 3. The lowest BCUT2D eigenvalue weighted by molar-refractivity contribution is -0.137. The average Bonchev–Trinajstić information content (AvgIpc) is 3.22. The van der Waals surface area contributed by atoms with Crippen LogP contribution in [-0.4, -0.2) is 28.1 Å². The number of aromatic amines is 1. The Bertz CT molecular complexity index is 1110. The molecule has 3 N–H and O–H groups in total. The van der Waals surface area contributed by atoms with Crippen LogP contribution >= 0.6 is 11.6 Å². The molecule has 174 valence electrons. The second-order valence-electron chi connectivity index (χ2n) is 7.45. The minimum atomic E-state index is -4.49. The highest BCUT2D eigenvalue weighted by atomic mass is 35.5. The predicted molar refractivity (Wildman–Crippen MR) is 120 cm³/mol. The third-order valence-corrected chi connectivity index (χ3v) is 5.08. The summed E-state index contributed by atoms with van der Waals surface area (Å²) in [5, 5.41) is 12.7. The molecule has 1 aromatic heterocycles. The number of benzene rings is 2. The number of rotatable bonds is 8. The van der Waals surface area contributed by atoms with Crippen molar-refractivity contribution in [1.29, 1.82) is 0 Å². The Hall–Kier alpha value is -3.33. The van der Waals surface area contributed by atoms with Crippen LogP contribution in [0.15, 0.2) is 54.6 Å². The number of hydrogen-bond acceptors (Lipinski definition) is 3. The van der Waals surface area contributed by atoms with Crippen LogP contribution in [-0.2, 0) is 22.2 Å². The first-order valence-electron chi connectivity index (χ1n) is 10.2. The van der Waals surface area contributed by atoms with Gasteiger partial charge in [-0.3, -0.25) is 14.7 Å². The number of alkyl halides is 3. The minimum absolute atomic E-state index is 0.206. The normalized spacial score (nSPS) is 12.3. The molecule has 2 amide bonds. The van der Waals surface area contributed by atoms with E-state index in [1.54, 1.807) is 30.3 Å². The van der Waals surface area contributed by atoms with Crippen molar-refractivity contribution in [2.24, 2.45) is 0 Å². The zero-order chi connectivity index (χ0) is 24.0. The molecule has 0 aliphatic rings. The van der Waals surface area contributed by atoms with Crippen molar-refractivity contribution < 1.29 is 22.8 Å². The van der Waals surface area contributed by atoms with E-state index in [9.17, 15) is 22.8 Å². The van der Waals surface area contributed by atoms with E-state index in [0.717, 1.165) is 17.7 Å². The summed E-state index contributed by atoms with van der Waals surface area (Å²) in [4.78, 5) is 25.1. The number of carbonyl (C=O) groups is 2. The average molecular weight is 479 g/mol. The summed E-state index contributed by atoms with van der Waals surface area (Å²) < 4.78 is 38.7. The van der Waals surface area contributed by atoms with Gasteiger partial charge in [-0.15, -0.1) is 0 Å². The first-order chi connectivity index (χ1) is 15.7. The molecule has 0 fully saturated rings. The zero-order valence-corrected chi connectivity index (χ0v) is 18.4. The molecule has 3 rings (SSSR count). The van der Waals surface area contributed by atoms with E-state index in [-0.39, 0.29) is 17.8 Å². The fourth-order valence-corrected chi connectivity index (χ4v) is 3.35. The molecule has 0 saturated carbocycles. The van der Waals surface area contributed by atoms with Crippen molar-refractivity contribution in [3.05, 3.63) is 70.7 Å².